The van der Waals surface area contributed by atoms with E-state index < -0.39 is 22.9 Å². The van der Waals surface area contributed by atoms with Gasteiger partial charge in [0.05, 0.1) is 6.10 Å². The summed E-state index contributed by atoms with van der Waals surface area (Å²) in [6.45, 7) is 9.59. The lowest BCUT2D eigenvalue weighted by molar-refractivity contribution is -0.269. The molecule has 3 saturated carbocycles. The Kier molecular flexibility index (Phi) is 3.95. The van der Waals surface area contributed by atoms with Crippen molar-refractivity contribution in [2.45, 2.75) is 69.9 Å². The third-order valence-electron chi connectivity index (χ3n) is 10.0. The number of carbonyl (C=O) groups is 1. The van der Waals surface area contributed by atoms with E-state index in [1.807, 2.05) is 6.08 Å². The first kappa shape index (κ1) is 19.6. The molecule has 6 heteroatoms. The van der Waals surface area contributed by atoms with Crippen molar-refractivity contribution in [1.82, 2.24) is 0 Å². The van der Waals surface area contributed by atoms with Crippen molar-refractivity contribution in [1.29, 1.82) is 0 Å². The number of aliphatic hydroxyl groups is 1. The fraction of sp³-hybridized carbons (Fsp3) is 0.792. The van der Waals surface area contributed by atoms with Crippen LogP contribution in [0.2, 0.25) is 0 Å². The molecule has 1 N–H and O–H groups in total. The van der Waals surface area contributed by atoms with E-state index in [-0.39, 0.29) is 30.7 Å². The highest BCUT2D eigenvalue weighted by Gasteiger charge is 2.78. The number of hydrogen-bond acceptors (Lipinski definition) is 6. The molecule has 0 aromatic heterocycles. The van der Waals surface area contributed by atoms with Gasteiger partial charge in [-0.3, -0.25) is 4.79 Å². The second-order valence-electron chi connectivity index (χ2n) is 10.8. The predicted octanol–water partition coefficient (Wildman–Crippen LogP) is 3.10. The molecule has 2 saturated heterocycles. The maximum Gasteiger partial charge on any atom is 0.226 e. The van der Waals surface area contributed by atoms with Crippen molar-refractivity contribution in [3.8, 4) is 0 Å². The van der Waals surface area contributed by atoms with Gasteiger partial charge in [0.25, 0.3) is 0 Å². The number of carbonyl (C=O) groups excluding carboxylic acids is 1. The zero-order valence-corrected chi connectivity index (χ0v) is 17.9. The monoisotopic (exact) mass is 416 g/mol. The SMILES string of the molecule is C=C1CC2C3CC[C@@]4(OCOC45COCO5)[C@@]3(C)C(O)CC2[C@@]2(C)CCC(=O)C=C12. The Morgan fingerprint density at radius 2 is 1.93 bits per heavy atom. The Morgan fingerprint density at radius 3 is 2.70 bits per heavy atom. The summed E-state index contributed by atoms with van der Waals surface area (Å²) < 4.78 is 24.0. The van der Waals surface area contributed by atoms with E-state index in [4.69, 9.17) is 18.9 Å². The first-order valence-corrected chi connectivity index (χ1v) is 11.4. The first-order valence-electron chi connectivity index (χ1n) is 11.4. The number of hydrogen-bond donors (Lipinski definition) is 1. The zero-order valence-electron chi connectivity index (χ0n) is 17.9. The topological polar surface area (TPSA) is 74.2 Å². The van der Waals surface area contributed by atoms with Crippen LogP contribution in [0, 0.1) is 28.6 Å². The summed E-state index contributed by atoms with van der Waals surface area (Å²) in [5, 5.41) is 11.7. The minimum Gasteiger partial charge on any atom is -0.392 e. The third kappa shape index (κ3) is 2.06. The molecule has 6 nitrogen and oxygen atoms in total. The summed E-state index contributed by atoms with van der Waals surface area (Å²) in [4.78, 5) is 12.2. The number of aliphatic hydroxyl groups excluding tert-OH is 1. The van der Waals surface area contributed by atoms with E-state index in [2.05, 4.69) is 20.4 Å². The van der Waals surface area contributed by atoms with Crippen LogP contribution >= 0.6 is 0 Å². The summed E-state index contributed by atoms with van der Waals surface area (Å²) in [6, 6.07) is 0. The summed E-state index contributed by atoms with van der Waals surface area (Å²) in [5.74, 6) is 0.304. The number of ether oxygens (including phenoxy) is 4. The van der Waals surface area contributed by atoms with Gasteiger partial charge >= 0.3 is 0 Å². The Morgan fingerprint density at radius 1 is 1.13 bits per heavy atom. The van der Waals surface area contributed by atoms with Crippen LogP contribution in [0.4, 0.5) is 0 Å². The molecular formula is C24H32O6. The molecule has 164 valence electrons. The van der Waals surface area contributed by atoms with Crippen LogP contribution in [-0.2, 0) is 23.7 Å². The van der Waals surface area contributed by atoms with Gasteiger partial charge in [-0.2, -0.15) is 0 Å². The molecule has 6 aliphatic rings. The van der Waals surface area contributed by atoms with Gasteiger partial charge in [0.2, 0.25) is 5.79 Å². The van der Waals surface area contributed by atoms with Crippen molar-refractivity contribution in [2.75, 3.05) is 20.2 Å². The molecule has 0 radical (unpaired) electrons. The van der Waals surface area contributed by atoms with E-state index in [1.165, 1.54) is 0 Å². The maximum absolute atomic E-state index is 12.2. The Bertz CT molecular complexity index is 837. The second kappa shape index (κ2) is 6.04. The summed E-state index contributed by atoms with van der Waals surface area (Å²) >= 11 is 0. The van der Waals surface area contributed by atoms with Crippen molar-refractivity contribution < 1.29 is 28.8 Å². The lowest BCUT2D eigenvalue weighted by Crippen LogP contribution is -2.68. The average molecular weight is 417 g/mol. The fourth-order valence-corrected chi connectivity index (χ4v) is 8.51. The molecule has 2 aliphatic heterocycles. The summed E-state index contributed by atoms with van der Waals surface area (Å²) in [7, 11) is 0. The summed E-state index contributed by atoms with van der Waals surface area (Å²) in [6.07, 6.45) is 6.08. The second-order valence-corrected chi connectivity index (χ2v) is 10.8. The highest BCUT2D eigenvalue weighted by atomic mass is 16.9. The van der Waals surface area contributed by atoms with Gasteiger partial charge in [0.15, 0.2) is 19.4 Å². The number of rotatable bonds is 0. The Labute approximate surface area is 177 Å². The van der Waals surface area contributed by atoms with Gasteiger partial charge in [-0.1, -0.05) is 26.0 Å². The average Bonchev–Trinajstić information content (AvgIpc) is 3.41. The molecule has 0 aromatic carbocycles. The highest BCUT2D eigenvalue weighted by molar-refractivity contribution is 5.92. The van der Waals surface area contributed by atoms with Crippen molar-refractivity contribution >= 4 is 5.78 Å². The van der Waals surface area contributed by atoms with Gasteiger partial charge in [-0.05, 0) is 66.9 Å². The first-order chi connectivity index (χ1) is 14.3. The lowest BCUT2D eigenvalue weighted by atomic mass is 9.44. The molecule has 4 aliphatic carbocycles. The summed E-state index contributed by atoms with van der Waals surface area (Å²) in [5.41, 5.74) is 0.954. The van der Waals surface area contributed by atoms with Crippen LogP contribution in [0.3, 0.4) is 0 Å². The van der Waals surface area contributed by atoms with Crippen LogP contribution in [0.25, 0.3) is 0 Å². The number of ketones is 1. The van der Waals surface area contributed by atoms with Crippen molar-refractivity contribution in [3.05, 3.63) is 23.8 Å². The van der Waals surface area contributed by atoms with E-state index in [9.17, 15) is 9.90 Å². The minimum atomic E-state index is -0.928. The van der Waals surface area contributed by atoms with Gasteiger partial charge in [0, 0.05) is 11.8 Å². The van der Waals surface area contributed by atoms with Gasteiger partial charge < -0.3 is 24.1 Å². The number of fused-ring (bicyclic) bond motifs is 7. The molecule has 2 spiro atoms. The molecule has 5 unspecified atom stereocenters. The van der Waals surface area contributed by atoms with E-state index in [0.717, 1.165) is 36.8 Å². The third-order valence-corrected chi connectivity index (χ3v) is 10.0. The minimum absolute atomic E-state index is 0.0936. The highest BCUT2D eigenvalue weighted by Crippen LogP contribution is 2.71. The van der Waals surface area contributed by atoms with Crippen LogP contribution in [0.5, 0.6) is 0 Å². The molecule has 30 heavy (non-hydrogen) atoms. The molecule has 0 amide bonds. The van der Waals surface area contributed by atoms with E-state index in [0.29, 0.717) is 31.3 Å². The molecule has 0 bridgehead atoms. The molecule has 2 heterocycles. The number of allylic oxidation sites excluding steroid dienone is 2. The molecule has 8 atom stereocenters. The van der Waals surface area contributed by atoms with Gasteiger partial charge in [0.1, 0.15) is 12.2 Å². The maximum atomic E-state index is 12.2. The quantitative estimate of drug-likeness (QED) is 0.654. The Balaban J connectivity index is 1.43. The van der Waals surface area contributed by atoms with Crippen LogP contribution in [0.15, 0.2) is 23.8 Å². The Hall–Kier alpha value is -1.05. The lowest BCUT2D eigenvalue weighted by Gasteiger charge is -2.62. The molecule has 5 fully saturated rings. The molecule has 6 rings (SSSR count). The molecule has 0 aromatic rings. The van der Waals surface area contributed by atoms with Crippen molar-refractivity contribution in [2.24, 2.45) is 28.6 Å². The smallest absolute Gasteiger partial charge is 0.226 e. The van der Waals surface area contributed by atoms with E-state index >= 15 is 0 Å². The molecular weight excluding hydrogens is 384 g/mol. The van der Waals surface area contributed by atoms with Crippen molar-refractivity contribution in [3.63, 3.8) is 0 Å². The predicted molar refractivity (Wildman–Crippen MR) is 107 cm³/mol. The largest absolute Gasteiger partial charge is 0.392 e. The van der Waals surface area contributed by atoms with Gasteiger partial charge in [-0.25, -0.2) is 0 Å². The van der Waals surface area contributed by atoms with Crippen LogP contribution in [0.1, 0.15) is 52.4 Å². The zero-order chi connectivity index (χ0) is 20.9. The van der Waals surface area contributed by atoms with Crippen LogP contribution in [-0.4, -0.2) is 48.6 Å². The standard InChI is InChI=1S/C24H32O6/c1-14-8-16-17-5-7-23(24(30-13-28-23)11-27-12-29-24)22(17,3)20(26)10-19(16)21(2)6-4-15(25)9-18(14)21/h9,16-17,19-20,26H,1,4-8,10-13H2,2-3H3/t16?,17?,19?,20?,21-,22+,23+,24?/m0/s1. The van der Waals surface area contributed by atoms with E-state index in [1.54, 1.807) is 0 Å². The normalized spacial score (nSPS) is 55.0. The van der Waals surface area contributed by atoms with Gasteiger partial charge in [-0.15, -0.1) is 0 Å². The fourth-order valence-electron chi connectivity index (χ4n) is 8.51. The van der Waals surface area contributed by atoms with Crippen LogP contribution < -0.4 is 0 Å².